The van der Waals surface area contributed by atoms with Gasteiger partial charge < -0.3 is 10.3 Å². The minimum Gasteiger partial charge on any atom is -0.336 e. The molecular formula is C13H14BrN5O. The highest BCUT2D eigenvalue weighted by atomic mass is 79.9. The monoisotopic (exact) mass is 335 g/mol. The molecule has 1 aromatic carbocycles. The van der Waals surface area contributed by atoms with E-state index in [2.05, 4.69) is 31.3 Å². The smallest absolute Gasteiger partial charge is 0.274 e. The van der Waals surface area contributed by atoms with Crippen molar-refractivity contribution >= 4 is 27.7 Å². The summed E-state index contributed by atoms with van der Waals surface area (Å²) in [6, 6.07) is 7.80. The van der Waals surface area contributed by atoms with Gasteiger partial charge in [0.1, 0.15) is 5.69 Å². The van der Waals surface area contributed by atoms with Crippen LogP contribution >= 0.6 is 15.9 Å². The molecule has 1 aromatic heterocycles. The van der Waals surface area contributed by atoms with Crippen LogP contribution in [0.3, 0.4) is 0 Å². The molecule has 6 nitrogen and oxygen atoms in total. The molecule has 0 spiro atoms. The van der Waals surface area contributed by atoms with Crippen molar-refractivity contribution in [3.63, 3.8) is 0 Å². The van der Waals surface area contributed by atoms with Crippen LogP contribution in [0.25, 0.3) is 0 Å². The Morgan fingerprint density at radius 2 is 2.20 bits per heavy atom. The lowest BCUT2D eigenvalue weighted by molar-refractivity contribution is 0.0779. The van der Waals surface area contributed by atoms with E-state index in [1.165, 1.54) is 12.4 Å². The number of nitrogens with one attached hydrogen (secondary N) is 1. The molecule has 1 amide bonds. The summed E-state index contributed by atoms with van der Waals surface area (Å²) in [5, 5.41) is 0. The van der Waals surface area contributed by atoms with E-state index < -0.39 is 0 Å². The zero-order chi connectivity index (χ0) is 14.5. The summed E-state index contributed by atoms with van der Waals surface area (Å²) in [5.74, 6) is 5.42. The first kappa shape index (κ1) is 14.4. The van der Waals surface area contributed by atoms with Gasteiger partial charge in [-0.3, -0.25) is 4.79 Å². The van der Waals surface area contributed by atoms with Gasteiger partial charge in [-0.2, -0.15) is 0 Å². The summed E-state index contributed by atoms with van der Waals surface area (Å²) in [6.45, 7) is 0.497. The van der Waals surface area contributed by atoms with Gasteiger partial charge in [0, 0.05) is 18.1 Å². The Balaban J connectivity index is 2.07. The Labute approximate surface area is 125 Å². The summed E-state index contributed by atoms with van der Waals surface area (Å²) >= 11 is 3.41. The van der Waals surface area contributed by atoms with Crippen LogP contribution in [-0.2, 0) is 6.54 Å². The van der Waals surface area contributed by atoms with Crippen molar-refractivity contribution in [2.45, 2.75) is 6.54 Å². The van der Waals surface area contributed by atoms with E-state index in [4.69, 9.17) is 5.84 Å². The standard InChI is InChI=1S/C13H14BrN5O/c1-19(8-9-3-2-4-10(14)5-9)13(20)11-6-17-12(18-15)7-16-11/h2-7H,8,15H2,1H3,(H,17,18). The van der Waals surface area contributed by atoms with Gasteiger partial charge in [-0.15, -0.1) is 0 Å². The van der Waals surface area contributed by atoms with Crippen LogP contribution in [0.5, 0.6) is 0 Å². The number of aromatic nitrogens is 2. The first-order valence-electron chi connectivity index (χ1n) is 5.88. The van der Waals surface area contributed by atoms with Gasteiger partial charge >= 0.3 is 0 Å². The van der Waals surface area contributed by atoms with E-state index >= 15 is 0 Å². The fourth-order valence-corrected chi connectivity index (χ4v) is 2.14. The molecule has 0 saturated carbocycles. The first-order chi connectivity index (χ1) is 9.60. The average molecular weight is 336 g/mol. The zero-order valence-corrected chi connectivity index (χ0v) is 12.5. The number of halogens is 1. The zero-order valence-electron chi connectivity index (χ0n) is 10.9. The highest BCUT2D eigenvalue weighted by molar-refractivity contribution is 9.10. The number of nitrogen functional groups attached to an aromatic ring is 1. The van der Waals surface area contributed by atoms with Crippen molar-refractivity contribution in [1.29, 1.82) is 0 Å². The molecule has 0 aliphatic heterocycles. The van der Waals surface area contributed by atoms with Crippen LogP contribution in [0.4, 0.5) is 5.82 Å². The predicted molar refractivity (Wildman–Crippen MR) is 79.8 cm³/mol. The largest absolute Gasteiger partial charge is 0.336 e. The van der Waals surface area contributed by atoms with Crippen molar-refractivity contribution in [2.75, 3.05) is 12.5 Å². The molecule has 0 saturated heterocycles. The second kappa shape index (κ2) is 6.44. The number of rotatable bonds is 4. The minimum absolute atomic E-state index is 0.193. The Kier molecular flexibility index (Phi) is 4.65. The van der Waals surface area contributed by atoms with E-state index in [0.717, 1.165) is 10.0 Å². The van der Waals surface area contributed by atoms with Gasteiger partial charge in [0.2, 0.25) is 0 Å². The SMILES string of the molecule is CN(Cc1cccc(Br)c1)C(=O)c1cnc(NN)cn1. The Bertz CT molecular complexity index is 602. The Morgan fingerprint density at radius 1 is 1.40 bits per heavy atom. The number of hydrazine groups is 1. The molecule has 0 bridgehead atoms. The van der Waals surface area contributed by atoms with Crippen molar-refractivity contribution in [3.8, 4) is 0 Å². The minimum atomic E-state index is -0.193. The quantitative estimate of drug-likeness (QED) is 0.657. The van der Waals surface area contributed by atoms with Crippen molar-refractivity contribution < 1.29 is 4.79 Å². The molecule has 0 radical (unpaired) electrons. The third-order valence-electron chi connectivity index (χ3n) is 2.67. The molecule has 3 N–H and O–H groups in total. The van der Waals surface area contributed by atoms with Gasteiger partial charge in [-0.25, -0.2) is 15.8 Å². The second-order valence-electron chi connectivity index (χ2n) is 4.22. The maximum absolute atomic E-state index is 12.2. The van der Waals surface area contributed by atoms with Gasteiger partial charge in [-0.05, 0) is 17.7 Å². The number of carbonyl (C=O) groups excluding carboxylic acids is 1. The normalized spacial score (nSPS) is 10.2. The number of nitrogens with two attached hydrogens (primary N) is 1. The predicted octanol–water partition coefficient (Wildman–Crippen LogP) is 1.80. The lowest BCUT2D eigenvalue weighted by atomic mass is 10.2. The van der Waals surface area contributed by atoms with Gasteiger partial charge in [-0.1, -0.05) is 28.1 Å². The molecule has 0 aliphatic rings. The highest BCUT2D eigenvalue weighted by Crippen LogP contribution is 2.13. The number of benzene rings is 1. The number of carbonyl (C=O) groups is 1. The van der Waals surface area contributed by atoms with Gasteiger partial charge in [0.05, 0.1) is 12.4 Å². The van der Waals surface area contributed by atoms with Crippen LogP contribution < -0.4 is 11.3 Å². The molecule has 1 heterocycles. The summed E-state index contributed by atoms with van der Waals surface area (Å²) in [7, 11) is 1.72. The lowest BCUT2D eigenvalue weighted by Crippen LogP contribution is -2.27. The number of hydrogen-bond donors (Lipinski definition) is 2. The maximum Gasteiger partial charge on any atom is 0.274 e. The summed E-state index contributed by atoms with van der Waals surface area (Å²) in [5.41, 5.74) is 3.67. The van der Waals surface area contributed by atoms with E-state index in [1.54, 1.807) is 11.9 Å². The molecule has 0 atom stereocenters. The summed E-state index contributed by atoms with van der Waals surface area (Å²) in [4.78, 5) is 21.8. The molecule has 0 fully saturated rings. The second-order valence-corrected chi connectivity index (χ2v) is 5.14. The number of hydrogen-bond acceptors (Lipinski definition) is 5. The molecule has 0 unspecified atom stereocenters. The first-order valence-corrected chi connectivity index (χ1v) is 6.68. The van der Waals surface area contributed by atoms with E-state index in [0.29, 0.717) is 12.4 Å². The third-order valence-corrected chi connectivity index (χ3v) is 3.17. The topological polar surface area (TPSA) is 84.1 Å². The van der Waals surface area contributed by atoms with Crippen LogP contribution in [0.15, 0.2) is 41.1 Å². The molecule has 7 heteroatoms. The van der Waals surface area contributed by atoms with E-state index in [-0.39, 0.29) is 11.6 Å². The van der Waals surface area contributed by atoms with E-state index in [1.807, 2.05) is 24.3 Å². The molecule has 104 valence electrons. The fraction of sp³-hybridized carbons (Fsp3) is 0.154. The number of amides is 1. The van der Waals surface area contributed by atoms with Crippen molar-refractivity contribution in [3.05, 3.63) is 52.4 Å². The summed E-state index contributed by atoms with van der Waals surface area (Å²) in [6.07, 6.45) is 2.81. The maximum atomic E-state index is 12.2. The highest BCUT2D eigenvalue weighted by Gasteiger charge is 2.14. The molecular weight excluding hydrogens is 322 g/mol. The molecule has 2 rings (SSSR count). The summed E-state index contributed by atoms with van der Waals surface area (Å²) < 4.78 is 0.981. The van der Waals surface area contributed by atoms with Gasteiger partial charge in [0.25, 0.3) is 5.91 Å². The van der Waals surface area contributed by atoms with Gasteiger partial charge in [0.15, 0.2) is 5.82 Å². The Morgan fingerprint density at radius 3 is 2.80 bits per heavy atom. The number of anilines is 1. The average Bonchev–Trinajstić information content (AvgIpc) is 2.46. The van der Waals surface area contributed by atoms with Crippen molar-refractivity contribution in [1.82, 2.24) is 14.9 Å². The Hall–Kier alpha value is -1.99. The number of nitrogens with zero attached hydrogens (tertiary/aromatic N) is 3. The fourth-order valence-electron chi connectivity index (χ4n) is 1.69. The van der Waals surface area contributed by atoms with Crippen LogP contribution in [0.2, 0.25) is 0 Å². The van der Waals surface area contributed by atoms with Crippen LogP contribution in [0.1, 0.15) is 16.1 Å². The lowest BCUT2D eigenvalue weighted by Gasteiger charge is -2.16. The third kappa shape index (κ3) is 3.52. The van der Waals surface area contributed by atoms with Crippen LogP contribution in [-0.4, -0.2) is 27.8 Å². The van der Waals surface area contributed by atoms with Crippen LogP contribution in [0, 0.1) is 0 Å². The molecule has 0 aliphatic carbocycles. The van der Waals surface area contributed by atoms with Crippen molar-refractivity contribution in [2.24, 2.45) is 5.84 Å². The molecule has 20 heavy (non-hydrogen) atoms. The van der Waals surface area contributed by atoms with E-state index in [9.17, 15) is 4.79 Å². The molecule has 2 aromatic rings.